The Hall–Kier alpha value is -3.57. The zero-order valence-electron chi connectivity index (χ0n) is 17.4. The maximum atomic E-state index is 13.6. The number of likely N-dealkylation sites (N-methyl/N-ethyl adjacent to an activating group) is 1. The Morgan fingerprint density at radius 1 is 1.22 bits per heavy atom. The quantitative estimate of drug-likeness (QED) is 0.579. The van der Waals surface area contributed by atoms with Crippen LogP contribution in [0.3, 0.4) is 0 Å². The largest absolute Gasteiger partial charge is 0.453 e. The Kier molecular flexibility index (Phi) is 6.15. The van der Waals surface area contributed by atoms with Crippen LogP contribution in [0, 0.1) is 19.7 Å². The first-order chi connectivity index (χ1) is 14.9. The Labute approximate surface area is 180 Å². The van der Waals surface area contributed by atoms with Crippen LogP contribution in [0.25, 0.3) is 5.78 Å². The number of primary amides is 1. The van der Waals surface area contributed by atoms with Gasteiger partial charge in [-0.25, -0.2) is 13.9 Å². The normalized spacial score (nSPS) is 12.7. The molecule has 170 valence electrons. The van der Waals surface area contributed by atoms with Crippen LogP contribution >= 0.6 is 0 Å². The highest BCUT2D eigenvalue weighted by Crippen LogP contribution is 2.27. The minimum atomic E-state index is -4.71. The van der Waals surface area contributed by atoms with Crippen LogP contribution < -0.4 is 5.73 Å². The Bertz CT molecular complexity index is 1190. The van der Waals surface area contributed by atoms with Gasteiger partial charge in [-0.05, 0) is 43.5 Å². The van der Waals surface area contributed by atoms with Crippen LogP contribution in [0.4, 0.5) is 17.6 Å². The average Bonchev–Trinajstić information content (AvgIpc) is 3.12. The minimum Gasteiger partial charge on any atom is -0.368 e. The second-order valence-corrected chi connectivity index (χ2v) is 7.27. The molecule has 0 saturated carbocycles. The molecule has 0 aliphatic heterocycles. The number of benzene rings is 1. The first-order valence-electron chi connectivity index (χ1n) is 9.50. The molecule has 2 heterocycles. The standard InChI is InChI=1S/C20H20F4N6O2/c1-10-14(11(2)30-19(26-10)27-18(28-30)20(22,23)24)7-8-15(31)29(3)16(17(25)32)12-5-4-6-13(21)9-12/h4-6,9,16H,7-8H2,1-3H3,(H2,25,32). The van der Waals surface area contributed by atoms with Crippen molar-refractivity contribution >= 4 is 17.6 Å². The number of nitrogens with two attached hydrogens (primary N) is 1. The van der Waals surface area contributed by atoms with Crippen molar-refractivity contribution in [1.82, 2.24) is 24.5 Å². The number of aromatic nitrogens is 4. The van der Waals surface area contributed by atoms with Gasteiger partial charge in [-0.2, -0.15) is 18.2 Å². The van der Waals surface area contributed by atoms with Gasteiger partial charge in [0.2, 0.25) is 11.8 Å². The molecule has 3 rings (SSSR count). The summed E-state index contributed by atoms with van der Waals surface area (Å²) in [6.07, 6.45) is -4.68. The van der Waals surface area contributed by atoms with Crippen LogP contribution in [0.2, 0.25) is 0 Å². The molecule has 0 spiro atoms. The lowest BCUT2D eigenvalue weighted by atomic mass is 10.0. The SMILES string of the molecule is Cc1nc2nc(C(F)(F)F)nn2c(C)c1CCC(=O)N(C)C(C(N)=O)c1cccc(F)c1. The number of hydrogen-bond acceptors (Lipinski definition) is 5. The number of alkyl halides is 3. The third kappa shape index (κ3) is 4.53. The number of aryl methyl sites for hydroxylation is 2. The first-order valence-corrected chi connectivity index (χ1v) is 9.50. The van der Waals surface area contributed by atoms with E-state index in [4.69, 9.17) is 5.73 Å². The monoisotopic (exact) mass is 452 g/mol. The van der Waals surface area contributed by atoms with Crippen molar-refractivity contribution in [3.8, 4) is 0 Å². The number of carbonyl (C=O) groups is 2. The van der Waals surface area contributed by atoms with E-state index in [2.05, 4.69) is 15.1 Å². The molecule has 12 heteroatoms. The second-order valence-electron chi connectivity index (χ2n) is 7.27. The first kappa shape index (κ1) is 23.1. The van der Waals surface area contributed by atoms with Crippen molar-refractivity contribution in [2.24, 2.45) is 5.73 Å². The molecule has 3 aromatic rings. The van der Waals surface area contributed by atoms with Gasteiger partial charge in [-0.3, -0.25) is 9.59 Å². The summed E-state index contributed by atoms with van der Waals surface area (Å²) in [7, 11) is 1.37. The lowest BCUT2D eigenvalue weighted by molar-refractivity contribution is -0.144. The maximum Gasteiger partial charge on any atom is 0.453 e. The second kappa shape index (κ2) is 8.52. The van der Waals surface area contributed by atoms with Gasteiger partial charge in [-0.15, -0.1) is 5.10 Å². The molecule has 0 aliphatic carbocycles. The molecule has 2 N–H and O–H groups in total. The smallest absolute Gasteiger partial charge is 0.368 e. The molecule has 0 fully saturated rings. The highest BCUT2D eigenvalue weighted by Gasteiger charge is 2.37. The van der Waals surface area contributed by atoms with Crippen LogP contribution in [-0.2, 0) is 22.2 Å². The Balaban J connectivity index is 1.83. The van der Waals surface area contributed by atoms with Crippen molar-refractivity contribution in [3.63, 3.8) is 0 Å². The van der Waals surface area contributed by atoms with E-state index in [9.17, 15) is 27.2 Å². The van der Waals surface area contributed by atoms with E-state index < -0.39 is 35.7 Å². The number of fused-ring (bicyclic) bond motifs is 1. The molecule has 0 saturated heterocycles. The fraction of sp³-hybridized carbons (Fsp3) is 0.350. The highest BCUT2D eigenvalue weighted by atomic mass is 19.4. The van der Waals surface area contributed by atoms with Crippen LogP contribution in [0.5, 0.6) is 0 Å². The van der Waals surface area contributed by atoms with E-state index in [-0.39, 0.29) is 24.2 Å². The van der Waals surface area contributed by atoms with E-state index in [0.29, 0.717) is 17.0 Å². The maximum absolute atomic E-state index is 13.6. The average molecular weight is 452 g/mol. The van der Waals surface area contributed by atoms with Gasteiger partial charge in [-0.1, -0.05) is 12.1 Å². The third-order valence-electron chi connectivity index (χ3n) is 5.11. The van der Waals surface area contributed by atoms with Crippen LogP contribution in [-0.4, -0.2) is 43.3 Å². The molecular formula is C20H20F4N6O2. The summed E-state index contributed by atoms with van der Waals surface area (Å²) >= 11 is 0. The number of carbonyl (C=O) groups excluding carboxylic acids is 2. The lowest BCUT2D eigenvalue weighted by Crippen LogP contribution is -2.39. The van der Waals surface area contributed by atoms with Crippen molar-refractivity contribution in [2.75, 3.05) is 7.05 Å². The van der Waals surface area contributed by atoms with Crippen LogP contribution in [0.15, 0.2) is 24.3 Å². The van der Waals surface area contributed by atoms with Crippen molar-refractivity contribution in [3.05, 3.63) is 58.4 Å². The number of nitrogens with zero attached hydrogens (tertiary/aromatic N) is 5. The van der Waals surface area contributed by atoms with E-state index in [1.807, 2.05) is 0 Å². The molecule has 8 nitrogen and oxygen atoms in total. The molecule has 0 radical (unpaired) electrons. The van der Waals surface area contributed by atoms with E-state index in [1.165, 1.54) is 25.2 Å². The van der Waals surface area contributed by atoms with Crippen molar-refractivity contribution in [1.29, 1.82) is 0 Å². The molecular weight excluding hydrogens is 432 g/mol. The summed E-state index contributed by atoms with van der Waals surface area (Å²) in [5.41, 5.74) is 6.96. The van der Waals surface area contributed by atoms with Gasteiger partial charge in [0.1, 0.15) is 11.9 Å². The Morgan fingerprint density at radius 2 is 1.91 bits per heavy atom. The van der Waals surface area contributed by atoms with Gasteiger partial charge in [0.15, 0.2) is 0 Å². The minimum absolute atomic E-state index is 0.0920. The zero-order chi connectivity index (χ0) is 23.8. The summed E-state index contributed by atoms with van der Waals surface area (Å²) in [6.45, 7) is 3.15. The molecule has 1 unspecified atom stereocenters. The van der Waals surface area contributed by atoms with E-state index in [0.717, 1.165) is 15.5 Å². The Morgan fingerprint density at radius 3 is 2.50 bits per heavy atom. The van der Waals surface area contributed by atoms with Gasteiger partial charge in [0, 0.05) is 24.9 Å². The molecule has 1 atom stereocenters. The lowest BCUT2D eigenvalue weighted by Gasteiger charge is -2.26. The van der Waals surface area contributed by atoms with E-state index in [1.54, 1.807) is 13.8 Å². The molecule has 1 aromatic carbocycles. The van der Waals surface area contributed by atoms with Crippen molar-refractivity contribution in [2.45, 2.75) is 38.9 Å². The number of hydrogen-bond donors (Lipinski definition) is 1. The summed E-state index contributed by atoms with van der Waals surface area (Å²) in [6, 6.07) is 4.03. The number of halogens is 4. The zero-order valence-corrected chi connectivity index (χ0v) is 17.4. The molecule has 32 heavy (non-hydrogen) atoms. The summed E-state index contributed by atoms with van der Waals surface area (Å²) in [5, 5.41) is 3.47. The number of rotatable bonds is 6. The van der Waals surface area contributed by atoms with E-state index >= 15 is 0 Å². The fourth-order valence-electron chi connectivity index (χ4n) is 3.50. The predicted molar refractivity (Wildman–Crippen MR) is 105 cm³/mol. The van der Waals surface area contributed by atoms with Crippen LogP contribution in [0.1, 0.15) is 40.8 Å². The summed E-state index contributed by atoms with van der Waals surface area (Å²) in [4.78, 5) is 33.3. The molecule has 0 bridgehead atoms. The highest BCUT2D eigenvalue weighted by molar-refractivity contribution is 5.87. The van der Waals surface area contributed by atoms with Gasteiger partial charge in [0.05, 0.1) is 0 Å². The van der Waals surface area contributed by atoms with Crippen molar-refractivity contribution < 1.29 is 27.2 Å². The van der Waals surface area contributed by atoms with Gasteiger partial charge in [0.25, 0.3) is 11.6 Å². The topological polar surface area (TPSA) is 106 Å². The predicted octanol–water partition coefficient (Wildman–Crippen LogP) is 2.52. The fourth-order valence-corrected chi connectivity index (χ4v) is 3.50. The summed E-state index contributed by atoms with van der Waals surface area (Å²) in [5.74, 6) is -3.37. The van der Waals surface area contributed by atoms with Gasteiger partial charge >= 0.3 is 6.18 Å². The molecule has 2 aromatic heterocycles. The molecule has 2 amide bonds. The summed E-state index contributed by atoms with van der Waals surface area (Å²) < 4.78 is 53.3. The molecule has 0 aliphatic rings. The number of amides is 2. The van der Waals surface area contributed by atoms with Gasteiger partial charge < -0.3 is 10.6 Å². The third-order valence-corrected chi connectivity index (χ3v) is 5.11.